The highest BCUT2D eigenvalue weighted by Crippen LogP contribution is 2.41. The van der Waals surface area contributed by atoms with Gasteiger partial charge in [-0.3, -0.25) is 9.88 Å². The predicted molar refractivity (Wildman–Crippen MR) is 158 cm³/mol. The standard InChI is InChI=1S/C30H38N6O2S/c1-22-21-26(23(2)36(22)25-8-6-24(7-9-25)34-15-19-38-20-16-34)29-28(27-5-3-4-10-31-27)32-30(39)35(29)12-11-33-13-17-37-18-14-33/h3-10,21,28-29H,11-20H2,1-2H3,(H,32,39). The number of anilines is 1. The molecule has 5 heterocycles. The summed E-state index contributed by atoms with van der Waals surface area (Å²) in [5.74, 6) is 0. The van der Waals surface area contributed by atoms with Crippen LogP contribution >= 0.6 is 12.2 Å². The van der Waals surface area contributed by atoms with Gasteiger partial charge >= 0.3 is 0 Å². The van der Waals surface area contributed by atoms with Crippen LogP contribution in [0.15, 0.2) is 54.7 Å². The smallest absolute Gasteiger partial charge is 0.170 e. The van der Waals surface area contributed by atoms with Gasteiger partial charge in [0.05, 0.1) is 44.2 Å². The third-order valence-electron chi connectivity index (χ3n) is 8.23. The number of hydrogen-bond acceptors (Lipinski definition) is 6. The number of morpholine rings is 2. The SMILES string of the molecule is Cc1cc(C2C(c3ccccn3)NC(=S)N2CCN2CCOCC2)c(C)n1-c1ccc(N2CCOCC2)cc1. The van der Waals surface area contributed by atoms with Gasteiger partial charge in [0.25, 0.3) is 0 Å². The number of aryl methyl sites for hydroxylation is 1. The second-order valence-corrected chi connectivity index (χ2v) is 10.9. The monoisotopic (exact) mass is 546 g/mol. The zero-order valence-electron chi connectivity index (χ0n) is 22.9. The Kier molecular flexibility index (Phi) is 7.83. The topological polar surface area (TPSA) is 58.0 Å². The maximum absolute atomic E-state index is 5.94. The molecule has 3 saturated heterocycles. The summed E-state index contributed by atoms with van der Waals surface area (Å²) in [5, 5.41) is 4.42. The molecule has 1 N–H and O–H groups in total. The van der Waals surface area contributed by atoms with Gasteiger partial charge in [0.1, 0.15) is 0 Å². The Bertz CT molecular complexity index is 1270. The van der Waals surface area contributed by atoms with Crippen molar-refractivity contribution in [2.45, 2.75) is 25.9 Å². The molecule has 2 aromatic heterocycles. The van der Waals surface area contributed by atoms with Gasteiger partial charge in [0.15, 0.2) is 5.11 Å². The summed E-state index contributed by atoms with van der Waals surface area (Å²) in [6, 6.07) is 17.4. The average molecular weight is 547 g/mol. The summed E-state index contributed by atoms with van der Waals surface area (Å²) in [5.41, 5.74) is 7.18. The summed E-state index contributed by atoms with van der Waals surface area (Å²) in [6.07, 6.45) is 1.87. The van der Waals surface area contributed by atoms with E-state index in [1.54, 1.807) is 0 Å². The molecule has 206 valence electrons. The highest BCUT2D eigenvalue weighted by atomic mass is 32.1. The largest absolute Gasteiger partial charge is 0.379 e. The molecule has 9 heteroatoms. The van der Waals surface area contributed by atoms with Gasteiger partial charge in [-0.15, -0.1) is 0 Å². The van der Waals surface area contributed by atoms with Crippen LogP contribution in [0.1, 0.15) is 34.7 Å². The summed E-state index contributed by atoms with van der Waals surface area (Å²) >= 11 is 5.94. The van der Waals surface area contributed by atoms with Gasteiger partial charge in [-0.05, 0) is 74.1 Å². The first-order valence-electron chi connectivity index (χ1n) is 14.0. The van der Waals surface area contributed by atoms with Crippen LogP contribution in [0.3, 0.4) is 0 Å². The van der Waals surface area contributed by atoms with Gasteiger partial charge in [-0.25, -0.2) is 0 Å². The minimum atomic E-state index is -0.0129. The van der Waals surface area contributed by atoms with E-state index in [2.05, 4.69) is 80.9 Å². The lowest BCUT2D eigenvalue weighted by atomic mass is 9.96. The lowest BCUT2D eigenvalue weighted by Gasteiger charge is -2.32. The number of benzene rings is 1. The molecule has 0 spiro atoms. The molecule has 3 aromatic rings. The van der Waals surface area contributed by atoms with E-state index in [1.165, 1.54) is 28.3 Å². The maximum Gasteiger partial charge on any atom is 0.170 e. The Morgan fingerprint density at radius 1 is 0.897 bits per heavy atom. The minimum absolute atomic E-state index is 0.0129. The van der Waals surface area contributed by atoms with Crippen LogP contribution in [-0.2, 0) is 9.47 Å². The highest BCUT2D eigenvalue weighted by molar-refractivity contribution is 7.80. The van der Waals surface area contributed by atoms with E-state index >= 15 is 0 Å². The second-order valence-electron chi connectivity index (χ2n) is 10.6. The first kappa shape index (κ1) is 26.3. The van der Waals surface area contributed by atoms with E-state index in [9.17, 15) is 0 Å². The molecule has 0 amide bonds. The third kappa shape index (κ3) is 5.41. The van der Waals surface area contributed by atoms with Crippen LogP contribution in [0.4, 0.5) is 5.69 Å². The fourth-order valence-electron chi connectivity index (χ4n) is 6.18. The predicted octanol–water partition coefficient (Wildman–Crippen LogP) is 3.63. The molecule has 0 saturated carbocycles. The number of aromatic nitrogens is 2. The second kappa shape index (κ2) is 11.6. The lowest BCUT2D eigenvalue weighted by molar-refractivity contribution is 0.0350. The molecule has 2 unspecified atom stereocenters. The van der Waals surface area contributed by atoms with E-state index in [-0.39, 0.29) is 12.1 Å². The van der Waals surface area contributed by atoms with Crippen molar-refractivity contribution < 1.29 is 9.47 Å². The Morgan fingerprint density at radius 3 is 2.28 bits per heavy atom. The fraction of sp³-hybridized carbons (Fsp3) is 0.467. The first-order chi connectivity index (χ1) is 19.1. The molecule has 39 heavy (non-hydrogen) atoms. The summed E-state index contributed by atoms with van der Waals surface area (Å²) in [6.45, 7) is 13.2. The molecule has 0 bridgehead atoms. The van der Waals surface area contributed by atoms with Gasteiger partial charge in [-0.1, -0.05) is 6.07 Å². The van der Waals surface area contributed by atoms with Crippen LogP contribution in [0.5, 0.6) is 0 Å². The first-order valence-corrected chi connectivity index (χ1v) is 14.4. The molecule has 0 aliphatic carbocycles. The van der Waals surface area contributed by atoms with Gasteiger partial charge < -0.3 is 29.2 Å². The normalized spacial score (nSPS) is 22.4. The Balaban J connectivity index is 1.31. The number of pyridine rings is 1. The zero-order chi connectivity index (χ0) is 26.8. The van der Waals surface area contributed by atoms with E-state index < -0.39 is 0 Å². The van der Waals surface area contributed by atoms with Crippen molar-refractivity contribution in [2.75, 3.05) is 70.6 Å². The number of ether oxygens (including phenoxy) is 2. The van der Waals surface area contributed by atoms with Crippen LogP contribution in [0.25, 0.3) is 5.69 Å². The fourth-order valence-corrected chi connectivity index (χ4v) is 6.51. The number of nitrogens with one attached hydrogen (secondary N) is 1. The van der Waals surface area contributed by atoms with E-state index in [1.807, 2.05) is 12.3 Å². The Labute approximate surface area is 236 Å². The van der Waals surface area contributed by atoms with Crippen molar-refractivity contribution in [1.29, 1.82) is 0 Å². The molecular formula is C30H38N6O2S. The zero-order valence-corrected chi connectivity index (χ0v) is 23.7. The molecule has 3 aliphatic heterocycles. The van der Waals surface area contributed by atoms with Gasteiger partial charge in [0, 0.05) is 68.2 Å². The maximum atomic E-state index is 5.94. The van der Waals surface area contributed by atoms with Gasteiger partial charge in [0.2, 0.25) is 0 Å². The lowest BCUT2D eigenvalue weighted by Crippen LogP contribution is -2.42. The Morgan fingerprint density at radius 2 is 1.59 bits per heavy atom. The van der Waals surface area contributed by atoms with Gasteiger partial charge in [-0.2, -0.15) is 0 Å². The molecule has 6 rings (SSSR count). The molecule has 8 nitrogen and oxygen atoms in total. The van der Waals surface area contributed by atoms with Crippen LogP contribution in [0, 0.1) is 13.8 Å². The highest BCUT2D eigenvalue weighted by Gasteiger charge is 2.41. The van der Waals surface area contributed by atoms with Crippen LogP contribution < -0.4 is 10.2 Å². The van der Waals surface area contributed by atoms with Crippen molar-refractivity contribution in [3.8, 4) is 5.69 Å². The van der Waals surface area contributed by atoms with E-state index in [0.717, 1.165) is 76.5 Å². The van der Waals surface area contributed by atoms with Crippen molar-refractivity contribution in [2.24, 2.45) is 0 Å². The summed E-state index contributed by atoms with van der Waals surface area (Å²) in [4.78, 5) is 12.0. The number of hydrogen-bond donors (Lipinski definition) is 1. The molecule has 1 aromatic carbocycles. The number of nitrogens with zero attached hydrogens (tertiary/aromatic N) is 5. The molecule has 0 radical (unpaired) electrons. The average Bonchev–Trinajstić information content (AvgIpc) is 3.47. The number of rotatable bonds is 7. The quantitative estimate of drug-likeness (QED) is 0.451. The van der Waals surface area contributed by atoms with E-state index in [0.29, 0.717) is 0 Å². The van der Waals surface area contributed by atoms with Crippen molar-refractivity contribution in [3.05, 3.63) is 77.4 Å². The molecule has 3 aliphatic rings. The molecular weight excluding hydrogens is 508 g/mol. The van der Waals surface area contributed by atoms with E-state index in [4.69, 9.17) is 26.7 Å². The van der Waals surface area contributed by atoms with Crippen molar-refractivity contribution in [3.63, 3.8) is 0 Å². The number of thiocarbonyl (C=S) groups is 1. The summed E-state index contributed by atoms with van der Waals surface area (Å²) in [7, 11) is 0. The van der Waals surface area contributed by atoms with Crippen LogP contribution in [0.2, 0.25) is 0 Å². The van der Waals surface area contributed by atoms with Crippen molar-refractivity contribution >= 4 is 23.0 Å². The van der Waals surface area contributed by atoms with Crippen molar-refractivity contribution in [1.82, 2.24) is 24.7 Å². The summed E-state index contributed by atoms with van der Waals surface area (Å²) < 4.78 is 13.5. The Hall–Kier alpha value is -2.98. The minimum Gasteiger partial charge on any atom is -0.379 e. The van der Waals surface area contributed by atoms with Crippen LogP contribution in [-0.4, -0.2) is 90.2 Å². The third-order valence-corrected chi connectivity index (χ3v) is 8.58. The molecule has 3 fully saturated rings. The molecule has 2 atom stereocenters.